The topological polar surface area (TPSA) is 101 Å². The van der Waals surface area contributed by atoms with Crippen LogP contribution in [0.3, 0.4) is 0 Å². The van der Waals surface area contributed by atoms with Crippen molar-refractivity contribution in [2.24, 2.45) is 0 Å². The summed E-state index contributed by atoms with van der Waals surface area (Å²) in [7, 11) is 0. The molecule has 0 fully saturated rings. The highest BCUT2D eigenvalue weighted by Crippen LogP contribution is 2.15. The van der Waals surface area contributed by atoms with Crippen molar-refractivity contribution in [1.82, 2.24) is 29.8 Å². The Kier molecular flexibility index (Phi) is 3.58. The maximum Gasteiger partial charge on any atom is 0.252 e. The number of aromatic nitrogens is 6. The molecule has 3 heterocycles. The summed E-state index contributed by atoms with van der Waals surface area (Å²) in [4.78, 5) is 20.5. The number of fused-ring (bicyclic) bond motifs is 1. The zero-order chi connectivity index (χ0) is 15.7. The molecular weight excluding hydrogens is 282 g/mol. The van der Waals surface area contributed by atoms with Crippen LogP contribution in [-0.2, 0) is 11.2 Å². The highest BCUT2D eigenvalue weighted by atomic mass is 16.1. The Morgan fingerprint density at radius 3 is 2.91 bits per heavy atom. The molecule has 0 saturated heterocycles. The predicted molar refractivity (Wildman–Crippen MR) is 80.5 cm³/mol. The Morgan fingerprint density at radius 1 is 1.36 bits per heavy atom. The number of carbonyl (C=O) groups excluding carboxylic acids is 1. The van der Waals surface area contributed by atoms with Crippen molar-refractivity contribution in [3.05, 3.63) is 35.0 Å². The van der Waals surface area contributed by atoms with E-state index in [-0.39, 0.29) is 5.91 Å². The summed E-state index contributed by atoms with van der Waals surface area (Å²) >= 11 is 0. The number of amides is 1. The molecule has 0 aromatic carbocycles. The van der Waals surface area contributed by atoms with Crippen LogP contribution < -0.4 is 5.32 Å². The van der Waals surface area contributed by atoms with E-state index in [1.165, 1.54) is 6.33 Å². The monoisotopic (exact) mass is 299 g/mol. The highest BCUT2D eigenvalue weighted by Gasteiger charge is 2.13. The van der Waals surface area contributed by atoms with Gasteiger partial charge in [0.25, 0.3) is 5.78 Å². The molecule has 1 amide bonds. The van der Waals surface area contributed by atoms with Gasteiger partial charge in [-0.15, -0.1) is 0 Å². The van der Waals surface area contributed by atoms with Gasteiger partial charge in [0.1, 0.15) is 6.33 Å². The Bertz CT molecular complexity index is 833. The lowest BCUT2D eigenvalue weighted by atomic mass is 10.1. The van der Waals surface area contributed by atoms with Crippen LogP contribution in [0.5, 0.6) is 0 Å². The first-order chi connectivity index (χ1) is 10.5. The van der Waals surface area contributed by atoms with Crippen LogP contribution in [-0.4, -0.2) is 35.7 Å². The molecule has 8 nitrogen and oxygen atoms in total. The molecule has 8 heteroatoms. The van der Waals surface area contributed by atoms with Gasteiger partial charge < -0.3 is 5.32 Å². The third-order valence-electron chi connectivity index (χ3n) is 3.56. The summed E-state index contributed by atoms with van der Waals surface area (Å²) in [5, 5.41) is 13.7. The number of aromatic amines is 1. The van der Waals surface area contributed by atoms with Crippen LogP contribution >= 0.6 is 0 Å². The van der Waals surface area contributed by atoms with Crippen molar-refractivity contribution < 1.29 is 4.79 Å². The molecule has 3 aromatic heterocycles. The van der Waals surface area contributed by atoms with E-state index in [0.717, 1.165) is 22.6 Å². The molecule has 0 spiro atoms. The molecule has 0 saturated carbocycles. The SMILES string of the molecule is Cc1cc(NC(=O)CCc2c(C)nc3ncnn3c2C)n[nH]1. The van der Waals surface area contributed by atoms with E-state index < -0.39 is 0 Å². The van der Waals surface area contributed by atoms with Crippen molar-refractivity contribution in [2.45, 2.75) is 33.6 Å². The molecule has 2 N–H and O–H groups in total. The summed E-state index contributed by atoms with van der Waals surface area (Å²) < 4.78 is 1.69. The fraction of sp³-hybridized carbons (Fsp3) is 0.357. The molecule has 0 atom stereocenters. The number of carbonyl (C=O) groups is 1. The minimum absolute atomic E-state index is 0.0796. The molecule has 0 bridgehead atoms. The molecule has 0 aliphatic rings. The van der Waals surface area contributed by atoms with E-state index in [2.05, 4.69) is 30.6 Å². The summed E-state index contributed by atoms with van der Waals surface area (Å²) in [6.07, 6.45) is 2.43. The molecule has 0 aliphatic heterocycles. The number of anilines is 1. The number of rotatable bonds is 4. The lowest BCUT2D eigenvalue weighted by Crippen LogP contribution is -2.14. The quantitative estimate of drug-likeness (QED) is 0.757. The highest BCUT2D eigenvalue weighted by molar-refractivity contribution is 5.89. The van der Waals surface area contributed by atoms with Crippen LogP contribution in [0.1, 0.15) is 29.1 Å². The molecule has 3 rings (SSSR count). The van der Waals surface area contributed by atoms with E-state index in [0.29, 0.717) is 24.4 Å². The number of hydrogen-bond acceptors (Lipinski definition) is 5. The van der Waals surface area contributed by atoms with Crippen LogP contribution in [0.2, 0.25) is 0 Å². The average molecular weight is 299 g/mol. The van der Waals surface area contributed by atoms with Gasteiger partial charge in [0.15, 0.2) is 5.82 Å². The fourth-order valence-electron chi connectivity index (χ4n) is 2.44. The lowest BCUT2D eigenvalue weighted by molar-refractivity contribution is -0.116. The Labute approximate surface area is 127 Å². The van der Waals surface area contributed by atoms with E-state index >= 15 is 0 Å². The molecule has 0 radical (unpaired) electrons. The second kappa shape index (κ2) is 5.55. The number of aryl methyl sites for hydroxylation is 3. The van der Waals surface area contributed by atoms with Crippen LogP contribution in [0.4, 0.5) is 5.82 Å². The summed E-state index contributed by atoms with van der Waals surface area (Å²) in [5.74, 6) is 1.04. The van der Waals surface area contributed by atoms with Crippen molar-refractivity contribution in [3.8, 4) is 0 Å². The summed E-state index contributed by atoms with van der Waals surface area (Å²) in [6.45, 7) is 5.76. The van der Waals surface area contributed by atoms with E-state index in [9.17, 15) is 4.79 Å². The zero-order valence-electron chi connectivity index (χ0n) is 12.7. The average Bonchev–Trinajstić information content (AvgIpc) is 3.07. The van der Waals surface area contributed by atoms with Crippen LogP contribution in [0.25, 0.3) is 5.78 Å². The number of H-pyrrole nitrogens is 1. The largest absolute Gasteiger partial charge is 0.309 e. The summed E-state index contributed by atoms with van der Waals surface area (Å²) in [6, 6.07) is 1.79. The van der Waals surface area contributed by atoms with Crippen molar-refractivity contribution in [1.29, 1.82) is 0 Å². The molecular formula is C14H17N7O. The first-order valence-corrected chi connectivity index (χ1v) is 7.02. The fourth-order valence-corrected chi connectivity index (χ4v) is 2.44. The van der Waals surface area contributed by atoms with Gasteiger partial charge in [-0.3, -0.25) is 9.89 Å². The van der Waals surface area contributed by atoms with Gasteiger partial charge >= 0.3 is 0 Å². The smallest absolute Gasteiger partial charge is 0.252 e. The first-order valence-electron chi connectivity index (χ1n) is 7.02. The Morgan fingerprint density at radius 2 is 2.18 bits per heavy atom. The van der Waals surface area contributed by atoms with E-state index in [1.807, 2.05) is 20.8 Å². The Hall–Kier alpha value is -2.77. The molecule has 22 heavy (non-hydrogen) atoms. The van der Waals surface area contributed by atoms with Gasteiger partial charge in [0.05, 0.1) is 0 Å². The van der Waals surface area contributed by atoms with Gasteiger partial charge in [-0.05, 0) is 32.8 Å². The van der Waals surface area contributed by atoms with Gasteiger partial charge in [0, 0.05) is 29.6 Å². The van der Waals surface area contributed by atoms with Gasteiger partial charge in [-0.25, -0.2) is 9.50 Å². The summed E-state index contributed by atoms with van der Waals surface area (Å²) in [5.41, 5.74) is 3.76. The van der Waals surface area contributed by atoms with E-state index in [1.54, 1.807) is 10.6 Å². The van der Waals surface area contributed by atoms with E-state index in [4.69, 9.17) is 0 Å². The minimum atomic E-state index is -0.0796. The van der Waals surface area contributed by atoms with Gasteiger partial charge in [-0.1, -0.05) is 0 Å². The molecule has 0 unspecified atom stereocenters. The van der Waals surface area contributed by atoms with Crippen molar-refractivity contribution in [3.63, 3.8) is 0 Å². The number of nitrogens with one attached hydrogen (secondary N) is 2. The maximum absolute atomic E-state index is 12.0. The second-order valence-electron chi connectivity index (χ2n) is 5.22. The maximum atomic E-state index is 12.0. The molecule has 114 valence electrons. The van der Waals surface area contributed by atoms with Gasteiger partial charge in [0.2, 0.25) is 5.91 Å². The van der Waals surface area contributed by atoms with Gasteiger partial charge in [-0.2, -0.15) is 15.2 Å². The predicted octanol–water partition coefficient (Wildman–Crippen LogP) is 1.34. The molecule has 0 aliphatic carbocycles. The van der Waals surface area contributed by atoms with Crippen LogP contribution in [0, 0.1) is 20.8 Å². The standard InChI is InChI=1S/C14H17N7O/c1-8-6-12(20-19-8)18-13(22)5-4-11-9(2)17-14-15-7-16-21(14)10(11)3/h6-7H,4-5H2,1-3H3,(H2,18,19,20,22). The van der Waals surface area contributed by atoms with Crippen molar-refractivity contribution >= 4 is 17.5 Å². The molecule has 3 aromatic rings. The third kappa shape index (κ3) is 2.67. The number of nitrogens with zero attached hydrogens (tertiary/aromatic N) is 5. The normalized spacial score (nSPS) is 11.0. The lowest BCUT2D eigenvalue weighted by Gasteiger charge is -2.10. The number of hydrogen-bond donors (Lipinski definition) is 2. The van der Waals surface area contributed by atoms with Crippen LogP contribution in [0.15, 0.2) is 12.4 Å². The first kappa shape index (κ1) is 14.2. The minimum Gasteiger partial charge on any atom is -0.309 e. The third-order valence-corrected chi connectivity index (χ3v) is 3.56. The van der Waals surface area contributed by atoms with Crippen molar-refractivity contribution in [2.75, 3.05) is 5.32 Å². The Balaban J connectivity index is 1.72. The second-order valence-corrected chi connectivity index (χ2v) is 5.22. The zero-order valence-corrected chi connectivity index (χ0v) is 12.7.